The zero-order valence-electron chi connectivity index (χ0n) is 10.6. The molecule has 0 saturated carbocycles. The SMILES string of the molecule is CP(c1ccccc1)c1ccccc1[As](C)C. The van der Waals surface area contributed by atoms with Crippen molar-refractivity contribution < 1.29 is 0 Å². The summed E-state index contributed by atoms with van der Waals surface area (Å²) in [6.45, 7) is 2.38. The molecule has 0 nitrogen and oxygen atoms in total. The zero-order chi connectivity index (χ0) is 12.3. The van der Waals surface area contributed by atoms with Crippen LogP contribution in [0.5, 0.6) is 0 Å². The van der Waals surface area contributed by atoms with Crippen molar-refractivity contribution in [2.24, 2.45) is 0 Å². The fraction of sp³-hybridized carbons (Fsp3) is 0.200. The average Bonchev–Trinajstić information content (AvgIpc) is 2.39. The Kier molecular flexibility index (Phi) is 4.43. The van der Waals surface area contributed by atoms with Crippen LogP contribution in [0.25, 0.3) is 0 Å². The molecular formula is C15H18AsP. The molecule has 2 aromatic rings. The van der Waals surface area contributed by atoms with Crippen LogP contribution >= 0.6 is 7.92 Å². The molecule has 17 heavy (non-hydrogen) atoms. The van der Waals surface area contributed by atoms with Gasteiger partial charge in [-0.2, -0.15) is 0 Å². The first-order chi connectivity index (χ1) is 8.20. The van der Waals surface area contributed by atoms with Gasteiger partial charge in [0, 0.05) is 0 Å². The van der Waals surface area contributed by atoms with Gasteiger partial charge in [-0.05, 0) is 0 Å². The van der Waals surface area contributed by atoms with Gasteiger partial charge in [0.15, 0.2) is 0 Å². The fourth-order valence-electron chi connectivity index (χ4n) is 1.92. The van der Waals surface area contributed by atoms with Crippen molar-refractivity contribution in [3.8, 4) is 0 Å². The van der Waals surface area contributed by atoms with Crippen molar-refractivity contribution >= 4 is 37.5 Å². The van der Waals surface area contributed by atoms with Crippen LogP contribution in [0.1, 0.15) is 0 Å². The van der Waals surface area contributed by atoms with Crippen molar-refractivity contribution in [1.82, 2.24) is 0 Å². The van der Waals surface area contributed by atoms with Gasteiger partial charge < -0.3 is 0 Å². The third-order valence-corrected chi connectivity index (χ3v) is 8.28. The van der Waals surface area contributed by atoms with Gasteiger partial charge in [-0.15, -0.1) is 0 Å². The van der Waals surface area contributed by atoms with E-state index in [1.807, 2.05) is 0 Å². The molecule has 2 rings (SSSR count). The number of hydrogen-bond donors (Lipinski definition) is 0. The van der Waals surface area contributed by atoms with Crippen LogP contribution in [0.15, 0.2) is 54.6 Å². The number of benzene rings is 2. The molecule has 0 amide bonds. The summed E-state index contributed by atoms with van der Waals surface area (Å²) in [5.41, 5.74) is 4.83. The van der Waals surface area contributed by atoms with Crippen molar-refractivity contribution in [2.75, 3.05) is 6.66 Å². The van der Waals surface area contributed by atoms with Crippen molar-refractivity contribution in [2.45, 2.75) is 11.4 Å². The van der Waals surface area contributed by atoms with E-state index < -0.39 is 14.7 Å². The Balaban J connectivity index is 2.41. The monoisotopic (exact) mass is 304 g/mol. The predicted octanol–water partition coefficient (Wildman–Crippen LogP) is 2.71. The van der Waals surface area contributed by atoms with Crippen LogP contribution in [0.4, 0.5) is 0 Å². The van der Waals surface area contributed by atoms with E-state index in [4.69, 9.17) is 0 Å². The van der Waals surface area contributed by atoms with Gasteiger partial charge in [-0.1, -0.05) is 0 Å². The Bertz CT molecular complexity index is 479. The van der Waals surface area contributed by atoms with Crippen LogP contribution in [0.3, 0.4) is 0 Å². The summed E-state index contributed by atoms with van der Waals surface area (Å²) in [4.78, 5) is 0. The predicted molar refractivity (Wildman–Crippen MR) is 82.1 cm³/mol. The molecule has 0 spiro atoms. The Morgan fingerprint density at radius 2 is 1.41 bits per heavy atom. The minimum absolute atomic E-state index is 0.188. The van der Waals surface area contributed by atoms with Crippen LogP contribution in [-0.2, 0) is 0 Å². The van der Waals surface area contributed by atoms with Gasteiger partial charge in [0.2, 0.25) is 0 Å². The Labute approximate surface area is 110 Å². The molecule has 0 N–H and O–H groups in total. The minimum atomic E-state index is -0.798. The molecule has 0 fully saturated rings. The summed E-state index contributed by atoms with van der Waals surface area (Å²) in [6, 6.07) is 19.9. The fourth-order valence-corrected chi connectivity index (χ4v) is 7.45. The summed E-state index contributed by atoms with van der Waals surface area (Å²) < 4.78 is 1.64. The third kappa shape index (κ3) is 3.00. The second kappa shape index (κ2) is 5.85. The van der Waals surface area contributed by atoms with Crippen LogP contribution in [-0.4, -0.2) is 21.3 Å². The Morgan fingerprint density at radius 3 is 2.06 bits per heavy atom. The molecule has 0 aliphatic heterocycles. The van der Waals surface area contributed by atoms with Crippen molar-refractivity contribution in [3.63, 3.8) is 0 Å². The van der Waals surface area contributed by atoms with E-state index in [0.717, 1.165) is 0 Å². The Hall–Kier alpha value is -0.572. The zero-order valence-corrected chi connectivity index (χ0v) is 13.4. The second-order valence-electron chi connectivity index (χ2n) is 4.28. The summed E-state index contributed by atoms with van der Waals surface area (Å²) in [5.74, 6) is 0. The number of rotatable bonds is 3. The molecule has 0 aromatic heterocycles. The van der Waals surface area contributed by atoms with Gasteiger partial charge in [-0.25, -0.2) is 0 Å². The van der Waals surface area contributed by atoms with E-state index in [2.05, 4.69) is 72.7 Å². The molecule has 1 unspecified atom stereocenters. The third-order valence-electron chi connectivity index (χ3n) is 2.87. The first-order valence-electron chi connectivity index (χ1n) is 5.75. The molecule has 0 radical (unpaired) electrons. The first kappa shape index (κ1) is 12.9. The molecular weight excluding hydrogens is 286 g/mol. The molecule has 2 heteroatoms. The van der Waals surface area contributed by atoms with Crippen LogP contribution in [0, 0.1) is 0 Å². The van der Waals surface area contributed by atoms with E-state index in [0.29, 0.717) is 0 Å². The maximum atomic E-state index is 2.42. The van der Waals surface area contributed by atoms with Crippen LogP contribution in [0.2, 0.25) is 11.4 Å². The van der Waals surface area contributed by atoms with Crippen LogP contribution < -0.4 is 15.0 Å². The topological polar surface area (TPSA) is 0 Å². The van der Waals surface area contributed by atoms with Gasteiger partial charge in [0.1, 0.15) is 0 Å². The molecule has 0 aliphatic carbocycles. The summed E-state index contributed by atoms with van der Waals surface area (Å²) in [7, 11) is -0.188. The summed E-state index contributed by atoms with van der Waals surface area (Å²) in [5, 5.41) is 3.06. The van der Waals surface area contributed by atoms with Gasteiger partial charge in [0.25, 0.3) is 0 Å². The Morgan fingerprint density at radius 1 is 0.824 bits per heavy atom. The molecule has 0 heterocycles. The van der Waals surface area contributed by atoms with Crippen molar-refractivity contribution in [1.29, 1.82) is 0 Å². The summed E-state index contributed by atoms with van der Waals surface area (Å²) in [6.07, 6.45) is 0. The standard InChI is InChI=1S/C15H18AsP/c1-16(2)14-11-7-8-12-15(14)17(3)13-9-5-4-6-10-13/h4-12H,1-3H3. The molecule has 88 valence electrons. The van der Waals surface area contributed by atoms with E-state index in [1.54, 1.807) is 9.66 Å². The van der Waals surface area contributed by atoms with Gasteiger partial charge in [-0.3, -0.25) is 0 Å². The van der Waals surface area contributed by atoms with E-state index in [1.165, 1.54) is 5.30 Å². The molecule has 0 aliphatic rings. The normalized spacial score (nSPS) is 12.7. The second-order valence-corrected chi connectivity index (χ2v) is 11.2. The quantitative estimate of drug-likeness (QED) is 0.604. The molecule has 0 saturated heterocycles. The van der Waals surface area contributed by atoms with Gasteiger partial charge in [0.05, 0.1) is 0 Å². The van der Waals surface area contributed by atoms with Gasteiger partial charge >= 0.3 is 110 Å². The maximum absolute atomic E-state index is 2.42. The molecule has 2 aromatic carbocycles. The molecule has 1 atom stereocenters. The first-order valence-corrected chi connectivity index (χ1v) is 12.2. The summed E-state index contributed by atoms with van der Waals surface area (Å²) >= 11 is -0.798. The average molecular weight is 304 g/mol. The van der Waals surface area contributed by atoms with E-state index >= 15 is 0 Å². The number of hydrogen-bond acceptors (Lipinski definition) is 0. The van der Waals surface area contributed by atoms with E-state index in [-0.39, 0.29) is 7.92 Å². The molecule has 0 bridgehead atoms. The van der Waals surface area contributed by atoms with Crippen molar-refractivity contribution in [3.05, 3.63) is 54.6 Å². The van der Waals surface area contributed by atoms with E-state index in [9.17, 15) is 0 Å².